The first kappa shape index (κ1) is 12.1. The summed E-state index contributed by atoms with van der Waals surface area (Å²) in [6, 6.07) is 1.65. The van der Waals surface area contributed by atoms with Crippen LogP contribution >= 0.6 is 0 Å². The molecular weight excluding hydrogens is 220 g/mol. The van der Waals surface area contributed by atoms with Crippen molar-refractivity contribution in [2.24, 2.45) is 5.92 Å². The van der Waals surface area contributed by atoms with Gasteiger partial charge in [-0.1, -0.05) is 0 Å². The Bertz CT molecular complexity index is 382. The molecule has 2 rings (SSSR count). The Balaban J connectivity index is 1.94. The third-order valence-corrected chi connectivity index (χ3v) is 2.72. The number of anilines is 2. The monoisotopic (exact) mass is 238 g/mol. The standard InChI is InChI=1S/C11H18N4O2/c1-17-6-11-14-9(12)4-10(15-11)13-5-8(16)7-2-3-7/h4,7-8,16H,2-3,5-6H2,1H3,(H3,12,13,14,15). The molecule has 1 unspecified atom stereocenters. The summed E-state index contributed by atoms with van der Waals surface area (Å²) in [6.45, 7) is 0.818. The fraction of sp³-hybridized carbons (Fsp3) is 0.636. The van der Waals surface area contributed by atoms with Gasteiger partial charge in [-0.25, -0.2) is 9.97 Å². The van der Waals surface area contributed by atoms with Crippen LogP contribution in [0.25, 0.3) is 0 Å². The molecule has 4 N–H and O–H groups in total. The van der Waals surface area contributed by atoms with E-state index < -0.39 is 0 Å². The van der Waals surface area contributed by atoms with Crippen LogP contribution in [0.15, 0.2) is 6.07 Å². The Labute approximate surface area is 100 Å². The summed E-state index contributed by atoms with van der Waals surface area (Å²) in [7, 11) is 1.58. The molecule has 6 heteroatoms. The number of nitrogens with two attached hydrogens (primary N) is 1. The van der Waals surface area contributed by atoms with E-state index in [2.05, 4.69) is 15.3 Å². The Hall–Kier alpha value is -1.40. The molecule has 0 amide bonds. The van der Waals surface area contributed by atoms with E-state index in [0.717, 1.165) is 12.8 Å². The number of nitrogens with one attached hydrogen (secondary N) is 1. The number of nitrogens with zero attached hydrogens (tertiary/aromatic N) is 2. The molecule has 94 valence electrons. The van der Waals surface area contributed by atoms with Crippen molar-refractivity contribution in [1.29, 1.82) is 0 Å². The van der Waals surface area contributed by atoms with Gasteiger partial charge in [0.1, 0.15) is 18.2 Å². The van der Waals surface area contributed by atoms with Gasteiger partial charge in [0, 0.05) is 19.7 Å². The molecule has 17 heavy (non-hydrogen) atoms. The van der Waals surface area contributed by atoms with E-state index in [9.17, 15) is 5.11 Å². The molecule has 0 radical (unpaired) electrons. The fourth-order valence-electron chi connectivity index (χ4n) is 1.66. The highest BCUT2D eigenvalue weighted by Crippen LogP contribution is 2.32. The van der Waals surface area contributed by atoms with E-state index in [1.54, 1.807) is 13.2 Å². The quantitative estimate of drug-likeness (QED) is 0.663. The first-order chi connectivity index (χ1) is 8.19. The normalized spacial score (nSPS) is 16.8. The van der Waals surface area contributed by atoms with Crippen LogP contribution in [-0.2, 0) is 11.3 Å². The van der Waals surface area contributed by atoms with Crippen LogP contribution in [0.2, 0.25) is 0 Å². The van der Waals surface area contributed by atoms with Gasteiger partial charge in [-0.2, -0.15) is 0 Å². The highest BCUT2D eigenvalue weighted by Gasteiger charge is 2.29. The summed E-state index contributed by atoms with van der Waals surface area (Å²) in [5.41, 5.74) is 5.66. The lowest BCUT2D eigenvalue weighted by molar-refractivity contribution is 0.164. The molecule has 1 atom stereocenters. The maximum atomic E-state index is 9.73. The van der Waals surface area contributed by atoms with Gasteiger partial charge in [-0.3, -0.25) is 0 Å². The molecule has 1 aliphatic rings. The third kappa shape index (κ3) is 3.54. The average molecular weight is 238 g/mol. The molecule has 1 fully saturated rings. The van der Waals surface area contributed by atoms with Crippen molar-refractivity contribution in [3.63, 3.8) is 0 Å². The molecular formula is C11H18N4O2. The minimum absolute atomic E-state index is 0.308. The summed E-state index contributed by atoms with van der Waals surface area (Å²) in [6.07, 6.45) is 1.92. The Morgan fingerprint density at radius 1 is 1.59 bits per heavy atom. The van der Waals surface area contributed by atoms with Crippen LogP contribution in [0.1, 0.15) is 18.7 Å². The van der Waals surface area contributed by atoms with E-state index >= 15 is 0 Å². The number of hydrogen-bond donors (Lipinski definition) is 3. The van der Waals surface area contributed by atoms with Gasteiger partial charge in [-0.05, 0) is 18.8 Å². The molecule has 1 saturated carbocycles. The van der Waals surface area contributed by atoms with Gasteiger partial charge < -0.3 is 20.9 Å². The van der Waals surface area contributed by atoms with Crippen molar-refractivity contribution in [1.82, 2.24) is 9.97 Å². The molecule has 1 aliphatic carbocycles. The lowest BCUT2D eigenvalue weighted by atomic mass is 10.2. The first-order valence-corrected chi connectivity index (χ1v) is 5.73. The number of aliphatic hydroxyl groups excluding tert-OH is 1. The zero-order valence-electron chi connectivity index (χ0n) is 9.89. The van der Waals surface area contributed by atoms with Gasteiger partial charge in [0.15, 0.2) is 5.82 Å². The number of rotatable bonds is 6. The fourth-order valence-corrected chi connectivity index (χ4v) is 1.66. The lowest BCUT2D eigenvalue weighted by Crippen LogP contribution is -2.22. The number of ether oxygens (including phenoxy) is 1. The van der Waals surface area contributed by atoms with Gasteiger partial charge in [0.25, 0.3) is 0 Å². The predicted molar refractivity (Wildman–Crippen MR) is 64.4 cm³/mol. The van der Waals surface area contributed by atoms with Crippen LogP contribution in [-0.4, -0.2) is 34.8 Å². The van der Waals surface area contributed by atoms with E-state index in [1.165, 1.54) is 0 Å². The second-order valence-electron chi connectivity index (χ2n) is 4.31. The Kier molecular flexibility index (Phi) is 3.75. The van der Waals surface area contributed by atoms with Crippen LogP contribution in [0.4, 0.5) is 11.6 Å². The van der Waals surface area contributed by atoms with Gasteiger partial charge in [0.05, 0.1) is 6.10 Å². The highest BCUT2D eigenvalue weighted by atomic mass is 16.5. The van der Waals surface area contributed by atoms with Crippen molar-refractivity contribution in [2.75, 3.05) is 24.7 Å². The lowest BCUT2D eigenvalue weighted by Gasteiger charge is -2.12. The molecule has 0 aromatic carbocycles. The van der Waals surface area contributed by atoms with E-state index in [4.69, 9.17) is 10.5 Å². The number of hydrogen-bond acceptors (Lipinski definition) is 6. The molecule has 1 aromatic rings. The second-order valence-corrected chi connectivity index (χ2v) is 4.31. The zero-order chi connectivity index (χ0) is 12.3. The van der Waals surface area contributed by atoms with Crippen LogP contribution in [0, 0.1) is 5.92 Å². The summed E-state index contributed by atoms with van der Waals surface area (Å²) < 4.78 is 4.95. The van der Waals surface area contributed by atoms with Gasteiger partial charge in [-0.15, -0.1) is 0 Å². The summed E-state index contributed by atoms with van der Waals surface area (Å²) >= 11 is 0. The minimum atomic E-state index is -0.308. The summed E-state index contributed by atoms with van der Waals surface area (Å²) in [5, 5.41) is 12.8. The molecule has 6 nitrogen and oxygen atoms in total. The maximum Gasteiger partial charge on any atom is 0.158 e. The van der Waals surface area contributed by atoms with Gasteiger partial charge in [0.2, 0.25) is 0 Å². The van der Waals surface area contributed by atoms with Crippen molar-refractivity contribution < 1.29 is 9.84 Å². The number of aliphatic hydroxyl groups is 1. The number of aromatic nitrogens is 2. The van der Waals surface area contributed by atoms with E-state index in [-0.39, 0.29) is 6.10 Å². The van der Waals surface area contributed by atoms with Gasteiger partial charge >= 0.3 is 0 Å². The largest absolute Gasteiger partial charge is 0.391 e. The smallest absolute Gasteiger partial charge is 0.158 e. The molecule has 0 spiro atoms. The SMILES string of the molecule is COCc1nc(N)cc(NCC(O)C2CC2)n1. The Morgan fingerprint density at radius 3 is 3.00 bits per heavy atom. The zero-order valence-corrected chi connectivity index (χ0v) is 9.89. The van der Waals surface area contributed by atoms with Crippen molar-refractivity contribution in [3.05, 3.63) is 11.9 Å². The maximum absolute atomic E-state index is 9.73. The van der Waals surface area contributed by atoms with Crippen LogP contribution < -0.4 is 11.1 Å². The topological polar surface area (TPSA) is 93.3 Å². The summed E-state index contributed by atoms with van der Waals surface area (Å²) in [4.78, 5) is 8.27. The number of methoxy groups -OCH3 is 1. The highest BCUT2D eigenvalue weighted by molar-refractivity contribution is 5.44. The molecule has 1 heterocycles. The first-order valence-electron chi connectivity index (χ1n) is 5.73. The van der Waals surface area contributed by atoms with E-state index in [0.29, 0.717) is 36.5 Å². The third-order valence-electron chi connectivity index (χ3n) is 2.72. The molecule has 1 aromatic heterocycles. The number of nitrogen functional groups attached to an aromatic ring is 1. The minimum Gasteiger partial charge on any atom is -0.391 e. The summed E-state index contributed by atoms with van der Waals surface area (Å²) in [5.74, 6) is 2.01. The van der Waals surface area contributed by atoms with Crippen molar-refractivity contribution in [2.45, 2.75) is 25.6 Å². The van der Waals surface area contributed by atoms with E-state index in [1.807, 2.05) is 0 Å². The van der Waals surface area contributed by atoms with Crippen LogP contribution in [0.5, 0.6) is 0 Å². The van der Waals surface area contributed by atoms with Crippen LogP contribution in [0.3, 0.4) is 0 Å². The molecule has 0 bridgehead atoms. The Morgan fingerprint density at radius 2 is 2.35 bits per heavy atom. The second kappa shape index (κ2) is 5.29. The average Bonchev–Trinajstić information content (AvgIpc) is 3.09. The predicted octanol–water partition coefficient (Wildman–Crippen LogP) is 0.388. The van der Waals surface area contributed by atoms with Crippen molar-refractivity contribution >= 4 is 11.6 Å². The molecule has 0 aliphatic heterocycles. The molecule has 0 saturated heterocycles. The van der Waals surface area contributed by atoms with Crippen molar-refractivity contribution in [3.8, 4) is 0 Å².